The molecule has 28 nitrogen and oxygen atoms in total. The number of carboxylic acid groups (broad SMARTS) is 1. The van der Waals surface area contributed by atoms with Crippen molar-refractivity contribution in [1.82, 2.24) is 52.1 Å². The topological polar surface area (TPSA) is 464 Å². The molecule has 0 aromatic carbocycles. The highest BCUT2D eigenvalue weighted by atomic mass is 16.4. The highest BCUT2D eigenvalue weighted by Gasteiger charge is 2.41. The SMILES string of the molecule is CC(C)C[C@H](NC(=O)[C@H](CO)NC(=O)[C@@H]1CCCN1C(=O)[C@H](CCC(N)=O)NC(=O)[C@H](CO)NC(=O)[C@@H](NC(=O)[C@H](CCCN=C(N)N)NC(=O)[C@@H](NC(=O)[C@@H](N)Cc1cnc[nH]1)C(C)C)C(C)C)C(=O)O. The zero-order chi connectivity index (χ0) is 54.4. The van der Waals surface area contributed by atoms with Gasteiger partial charge in [0.05, 0.1) is 25.6 Å². The molecular formula is C44H75N15O13. The molecule has 1 aromatic heterocycles. The van der Waals surface area contributed by atoms with E-state index < -0.39 is 145 Å². The number of imidazole rings is 1. The van der Waals surface area contributed by atoms with E-state index in [0.717, 1.165) is 4.90 Å². The maximum Gasteiger partial charge on any atom is 0.326 e. The van der Waals surface area contributed by atoms with Crippen molar-refractivity contribution in [2.45, 2.75) is 147 Å². The number of aliphatic hydroxyl groups excluding tert-OH is 2. The number of likely N-dealkylation sites (tertiary alicyclic amines) is 1. The minimum absolute atomic E-state index is 0.0232. The predicted octanol–water partition coefficient (Wildman–Crippen LogP) is -5.59. The van der Waals surface area contributed by atoms with Crippen LogP contribution in [0, 0.1) is 17.8 Å². The first-order valence-electron chi connectivity index (χ1n) is 23.8. The van der Waals surface area contributed by atoms with Gasteiger partial charge in [-0.05, 0) is 56.3 Å². The first-order valence-corrected chi connectivity index (χ1v) is 23.8. The minimum Gasteiger partial charge on any atom is -0.480 e. The molecule has 28 heteroatoms. The Bertz CT molecular complexity index is 2050. The van der Waals surface area contributed by atoms with Crippen LogP contribution in [0.5, 0.6) is 0 Å². The number of aromatic nitrogens is 2. The summed E-state index contributed by atoms with van der Waals surface area (Å²) in [6, 6.07) is -12.4. The fraction of sp³-hybridized carbons (Fsp3) is 0.682. The third-order valence-electron chi connectivity index (χ3n) is 11.5. The minimum atomic E-state index is -1.75. The number of nitrogens with zero attached hydrogens (tertiary/aromatic N) is 3. The van der Waals surface area contributed by atoms with Crippen LogP contribution in [0.3, 0.4) is 0 Å². The zero-order valence-corrected chi connectivity index (χ0v) is 41.6. The molecule has 0 bridgehead atoms. The van der Waals surface area contributed by atoms with Crippen molar-refractivity contribution in [3.63, 3.8) is 0 Å². The van der Waals surface area contributed by atoms with Crippen molar-refractivity contribution in [2.24, 2.45) is 45.7 Å². The number of aromatic amines is 1. The summed E-state index contributed by atoms with van der Waals surface area (Å²) in [6.07, 6.45) is 2.73. The molecule has 72 heavy (non-hydrogen) atoms. The molecule has 2 rings (SSSR count). The van der Waals surface area contributed by atoms with E-state index in [1.807, 2.05) is 0 Å². The van der Waals surface area contributed by atoms with Crippen LogP contribution >= 0.6 is 0 Å². The average molecular weight is 1020 g/mol. The number of H-pyrrole nitrogens is 1. The summed E-state index contributed by atoms with van der Waals surface area (Å²) in [6.45, 7) is 8.04. The Kier molecular flexibility index (Phi) is 25.5. The van der Waals surface area contributed by atoms with E-state index in [9.17, 15) is 63.3 Å². The van der Waals surface area contributed by atoms with E-state index >= 15 is 0 Å². The molecule has 0 spiro atoms. The molecule has 1 aliphatic heterocycles. The lowest BCUT2D eigenvalue weighted by Crippen LogP contribution is -2.62. The summed E-state index contributed by atoms with van der Waals surface area (Å²) < 4.78 is 0. The first kappa shape index (κ1) is 61.2. The number of nitrogens with one attached hydrogen (secondary N) is 8. The van der Waals surface area contributed by atoms with Gasteiger partial charge in [-0.3, -0.25) is 48.1 Å². The molecule has 404 valence electrons. The van der Waals surface area contributed by atoms with Gasteiger partial charge in [-0.15, -0.1) is 0 Å². The molecule has 1 saturated heterocycles. The third-order valence-corrected chi connectivity index (χ3v) is 11.5. The summed E-state index contributed by atoms with van der Waals surface area (Å²) in [4.78, 5) is 144. The highest BCUT2D eigenvalue weighted by molar-refractivity contribution is 5.98. The summed E-state index contributed by atoms with van der Waals surface area (Å²) in [7, 11) is 0. The van der Waals surface area contributed by atoms with Crippen LogP contribution in [0.4, 0.5) is 0 Å². The average Bonchev–Trinajstić information content (AvgIpc) is 4.02. The molecule has 9 amide bonds. The number of amides is 9. The van der Waals surface area contributed by atoms with Crippen LogP contribution < -0.4 is 60.2 Å². The largest absolute Gasteiger partial charge is 0.480 e. The molecule has 2 heterocycles. The molecule has 0 unspecified atom stereocenters. The number of rotatable bonds is 31. The number of aliphatic carboxylic acids is 1. The van der Waals surface area contributed by atoms with E-state index in [-0.39, 0.29) is 69.9 Å². The van der Waals surface area contributed by atoms with Gasteiger partial charge >= 0.3 is 5.97 Å². The van der Waals surface area contributed by atoms with Gasteiger partial charge in [-0.2, -0.15) is 0 Å². The van der Waals surface area contributed by atoms with Crippen molar-refractivity contribution in [2.75, 3.05) is 26.3 Å². The van der Waals surface area contributed by atoms with E-state index in [0.29, 0.717) is 5.69 Å². The Hall–Kier alpha value is -6.94. The molecule has 1 aromatic rings. The van der Waals surface area contributed by atoms with Gasteiger partial charge < -0.3 is 85.4 Å². The van der Waals surface area contributed by atoms with E-state index in [1.54, 1.807) is 41.5 Å². The number of aliphatic imine (C=N–C) groups is 1. The molecule has 1 fully saturated rings. The summed E-state index contributed by atoms with van der Waals surface area (Å²) in [5, 5.41) is 47.1. The predicted molar refractivity (Wildman–Crippen MR) is 258 cm³/mol. The van der Waals surface area contributed by atoms with Gasteiger partial charge in [0.1, 0.15) is 48.3 Å². The van der Waals surface area contributed by atoms with Gasteiger partial charge in [0.15, 0.2) is 5.96 Å². The Morgan fingerprint density at radius 1 is 0.722 bits per heavy atom. The lowest BCUT2D eigenvalue weighted by Gasteiger charge is -2.31. The van der Waals surface area contributed by atoms with Crippen LogP contribution in [0.1, 0.15) is 92.2 Å². The van der Waals surface area contributed by atoms with Crippen LogP contribution in [0.2, 0.25) is 0 Å². The Morgan fingerprint density at radius 2 is 1.25 bits per heavy atom. The van der Waals surface area contributed by atoms with Crippen molar-refractivity contribution >= 4 is 65.1 Å². The van der Waals surface area contributed by atoms with Crippen LogP contribution in [-0.4, -0.2) is 176 Å². The standard InChI is InChI=1S/C44H75N15O13/c1-21(2)15-28(43(71)72)54-38(66)29(18-60)55-39(67)31-10-8-14-59(31)42(70)27(11-12-32(46)62)53-37(65)30(19-61)56-41(69)34(23(5)6)58-36(64)26(9-7-13-50-44(47)48)52-40(68)33(22(3)4)57-35(63)25(45)16-24-17-49-20-51-24/h17,20-23,25-31,33-34,60-61H,7-16,18-19,45H2,1-6H3,(H2,46,62)(H,49,51)(H,52,68)(H,53,65)(H,54,66)(H,55,67)(H,56,69)(H,57,63)(H,58,64)(H,71,72)(H4,47,48,50)/t25-,26-,27-,28-,29-,30-,31-,33-,34-/m0/s1. The molecule has 0 saturated carbocycles. The lowest BCUT2D eigenvalue weighted by atomic mass is 10.00. The fourth-order valence-corrected chi connectivity index (χ4v) is 7.55. The first-order chi connectivity index (χ1) is 33.8. The number of nitrogens with two attached hydrogens (primary N) is 4. The Balaban J connectivity index is 2.28. The quantitative estimate of drug-likeness (QED) is 0.0187. The maximum absolute atomic E-state index is 14.1. The van der Waals surface area contributed by atoms with Crippen LogP contribution in [-0.2, 0) is 54.4 Å². The number of carbonyl (C=O) groups is 10. The summed E-state index contributed by atoms with van der Waals surface area (Å²) in [5.74, 6) is -10.7. The molecule has 0 radical (unpaired) electrons. The monoisotopic (exact) mass is 1020 g/mol. The number of carbonyl (C=O) groups excluding carboxylic acids is 9. The normalized spacial score (nSPS) is 16.7. The summed E-state index contributed by atoms with van der Waals surface area (Å²) >= 11 is 0. The van der Waals surface area contributed by atoms with E-state index in [4.69, 9.17) is 22.9 Å². The second-order valence-electron chi connectivity index (χ2n) is 18.6. The molecule has 1 aliphatic rings. The fourth-order valence-electron chi connectivity index (χ4n) is 7.55. The van der Waals surface area contributed by atoms with Gasteiger partial charge in [0.25, 0.3) is 0 Å². The van der Waals surface area contributed by atoms with Gasteiger partial charge in [-0.25, -0.2) is 9.78 Å². The van der Waals surface area contributed by atoms with Crippen LogP contribution in [0.25, 0.3) is 0 Å². The number of aliphatic hydroxyl groups is 2. The van der Waals surface area contributed by atoms with Gasteiger partial charge in [0.2, 0.25) is 53.2 Å². The Morgan fingerprint density at radius 3 is 1.75 bits per heavy atom. The molecule has 9 atom stereocenters. The number of primary amides is 1. The highest BCUT2D eigenvalue weighted by Crippen LogP contribution is 2.20. The number of hydrogen-bond donors (Lipinski definition) is 15. The molecular weight excluding hydrogens is 947 g/mol. The van der Waals surface area contributed by atoms with E-state index in [1.165, 1.54) is 12.5 Å². The van der Waals surface area contributed by atoms with Gasteiger partial charge in [0, 0.05) is 37.8 Å². The van der Waals surface area contributed by atoms with Crippen molar-refractivity contribution in [3.8, 4) is 0 Å². The smallest absolute Gasteiger partial charge is 0.326 e. The second-order valence-corrected chi connectivity index (χ2v) is 18.6. The molecule has 19 N–H and O–H groups in total. The maximum atomic E-state index is 14.1. The number of carboxylic acids is 1. The zero-order valence-electron chi connectivity index (χ0n) is 41.6. The van der Waals surface area contributed by atoms with Crippen LogP contribution in [0.15, 0.2) is 17.5 Å². The number of hydrogen-bond acceptors (Lipinski definition) is 15. The van der Waals surface area contributed by atoms with Crippen molar-refractivity contribution < 1.29 is 63.3 Å². The third kappa shape index (κ3) is 20.1. The lowest BCUT2D eigenvalue weighted by molar-refractivity contribution is -0.144. The second kappa shape index (κ2) is 30.1. The van der Waals surface area contributed by atoms with Gasteiger partial charge in [-0.1, -0.05) is 41.5 Å². The van der Waals surface area contributed by atoms with Crippen molar-refractivity contribution in [3.05, 3.63) is 18.2 Å². The van der Waals surface area contributed by atoms with Crippen molar-refractivity contribution in [1.29, 1.82) is 0 Å². The summed E-state index contributed by atoms with van der Waals surface area (Å²) in [5.41, 5.74) is 23.0. The Labute approximate surface area is 417 Å². The molecule has 0 aliphatic carbocycles. The number of guanidine groups is 1. The van der Waals surface area contributed by atoms with E-state index in [2.05, 4.69) is 52.2 Å².